The quantitative estimate of drug-likeness (QED) is 0.833. The van der Waals surface area contributed by atoms with Crippen LogP contribution in [-0.4, -0.2) is 41.6 Å². The van der Waals surface area contributed by atoms with E-state index in [1.807, 2.05) is 35.2 Å². The van der Waals surface area contributed by atoms with E-state index < -0.39 is 5.97 Å². The Labute approximate surface area is 125 Å². The summed E-state index contributed by atoms with van der Waals surface area (Å²) in [5.41, 5.74) is 1.15. The molecule has 1 saturated heterocycles. The second-order valence-electron chi connectivity index (χ2n) is 5.50. The SMILES string of the molecule is O=C(CCc1ccccc1)NCN1CCCC(C(=O)O)C1. The summed E-state index contributed by atoms with van der Waals surface area (Å²) in [6, 6.07) is 9.91. The summed E-state index contributed by atoms with van der Waals surface area (Å²) in [5.74, 6) is -1.04. The topological polar surface area (TPSA) is 69.6 Å². The van der Waals surface area contributed by atoms with E-state index >= 15 is 0 Å². The molecule has 0 spiro atoms. The molecule has 1 aliphatic rings. The lowest BCUT2D eigenvalue weighted by Gasteiger charge is -2.30. The van der Waals surface area contributed by atoms with Gasteiger partial charge in [0.2, 0.25) is 5.91 Å². The Balaban J connectivity index is 1.68. The van der Waals surface area contributed by atoms with Gasteiger partial charge in [0.05, 0.1) is 12.6 Å². The molecule has 1 unspecified atom stereocenters. The first-order chi connectivity index (χ1) is 10.1. The summed E-state index contributed by atoms with van der Waals surface area (Å²) in [5, 5.41) is 11.9. The van der Waals surface area contributed by atoms with E-state index in [0.717, 1.165) is 31.4 Å². The van der Waals surface area contributed by atoms with E-state index in [1.165, 1.54) is 0 Å². The minimum atomic E-state index is -0.741. The van der Waals surface area contributed by atoms with Gasteiger partial charge in [-0.1, -0.05) is 30.3 Å². The van der Waals surface area contributed by atoms with Crippen LogP contribution in [-0.2, 0) is 16.0 Å². The molecule has 2 rings (SSSR count). The zero-order valence-corrected chi connectivity index (χ0v) is 12.1. The van der Waals surface area contributed by atoms with Crippen LogP contribution in [0.4, 0.5) is 0 Å². The van der Waals surface area contributed by atoms with E-state index in [4.69, 9.17) is 5.11 Å². The van der Waals surface area contributed by atoms with Gasteiger partial charge in [-0.05, 0) is 31.4 Å². The second kappa shape index (κ2) is 7.78. The maximum Gasteiger partial charge on any atom is 0.307 e. The highest BCUT2D eigenvalue weighted by molar-refractivity contribution is 5.76. The van der Waals surface area contributed by atoms with E-state index in [-0.39, 0.29) is 11.8 Å². The van der Waals surface area contributed by atoms with Crippen LogP contribution in [0.3, 0.4) is 0 Å². The Morgan fingerprint density at radius 3 is 2.76 bits per heavy atom. The standard InChI is InChI=1S/C16H22N2O3/c19-15(9-8-13-5-2-1-3-6-13)17-12-18-10-4-7-14(11-18)16(20)21/h1-3,5-6,14H,4,7-12H2,(H,17,19)(H,20,21). The average molecular weight is 290 g/mol. The van der Waals surface area contributed by atoms with Crippen LogP contribution in [0.2, 0.25) is 0 Å². The van der Waals surface area contributed by atoms with Crippen LogP contribution in [0.25, 0.3) is 0 Å². The molecule has 0 aromatic heterocycles. The van der Waals surface area contributed by atoms with Gasteiger partial charge in [0.1, 0.15) is 0 Å². The van der Waals surface area contributed by atoms with Gasteiger partial charge in [0.25, 0.3) is 0 Å². The van der Waals surface area contributed by atoms with Crippen molar-refractivity contribution in [1.29, 1.82) is 0 Å². The number of carboxylic acids is 1. The predicted molar refractivity (Wildman–Crippen MR) is 79.7 cm³/mol. The highest BCUT2D eigenvalue weighted by Gasteiger charge is 2.25. The molecule has 1 aromatic carbocycles. The van der Waals surface area contributed by atoms with Crippen molar-refractivity contribution < 1.29 is 14.7 Å². The molecule has 2 N–H and O–H groups in total. The van der Waals surface area contributed by atoms with Gasteiger partial charge in [-0.3, -0.25) is 14.5 Å². The fourth-order valence-electron chi connectivity index (χ4n) is 2.59. The second-order valence-corrected chi connectivity index (χ2v) is 5.50. The summed E-state index contributed by atoms with van der Waals surface area (Å²) in [6.45, 7) is 1.81. The van der Waals surface area contributed by atoms with Crippen molar-refractivity contribution in [2.75, 3.05) is 19.8 Å². The van der Waals surface area contributed by atoms with Crippen molar-refractivity contribution in [2.24, 2.45) is 5.92 Å². The fourth-order valence-corrected chi connectivity index (χ4v) is 2.59. The number of benzene rings is 1. The number of carbonyl (C=O) groups excluding carboxylic acids is 1. The van der Waals surface area contributed by atoms with Crippen LogP contribution in [0, 0.1) is 5.92 Å². The minimum Gasteiger partial charge on any atom is -0.481 e. The highest BCUT2D eigenvalue weighted by Crippen LogP contribution is 2.15. The maximum absolute atomic E-state index is 11.8. The molecule has 1 fully saturated rings. The van der Waals surface area contributed by atoms with E-state index in [9.17, 15) is 9.59 Å². The number of aliphatic carboxylic acids is 1. The van der Waals surface area contributed by atoms with E-state index in [0.29, 0.717) is 19.6 Å². The lowest BCUT2D eigenvalue weighted by molar-refractivity contribution is -0.143. The smallest absolute Gasteiger partial charge is 0.307 e. The zero-order valence-electron chi connectivity index (χ0n) is 12.1. The summed E-state index contributed by atoms with van der Waals surface area (Å²) >= 11 is 0. The van der Waals surface area contributed by atoms with Crippen LogP contribution >= 0.6 is 0 Å². The Kier molecular flexibility index (Phi) is 5.75. The molecule has 5 nitrogen and oxygen atoms in total. The number of aryl methyl sites for hydroxylation is 1. The number of nitrogens with one attached hydrogen (secondary N) is 1. The molecule has 0 radical (unpaired) electrons. The van der Waals surface area contributed by atoms with Crippen molar-refractivity contribution >= 4 is 11.9 Å². The maximum atomic E-state index is 11.8. The number of hydrogen-bond donors (Lipinski definition) is 2. The molecule has 1 aliphatic heterocycles. The molecule has 1 amide bonds. The van der Waals surface area contributed by atoms with Gasteiger partial charge in [-0.25, -0.2) is 0 Å². The first-order valence-corrected chi connectivity index (χ1v) is 7.41. The van der Waals surface area contributed by atoms with E-state index in [2.05, 4.69) is 5.32 Å². The molecule has 0 bridgehead atoms. The summed E-state index contributed by atoms with van der Waals surface area (Å²) < 4.78 is 0. The van der Waals surface area contributed by atoms with Crippen molar-refractivity contribution in [1.82, 2.24) is 10.2 Å². The van der Waals surface area contributed by atoms with Crippen LogP contribution in [0.1, 0.15) is 24.8 Å². The molecule has 1 aromatic rings. The molecule has 0 saturated carbocycles. The number of amides is 1. The molecular formula is C16H22N2O3. The summed E-state index contributed by atoms with van der Waals surface area (Å²) in [6.07, 6.45) is 2.79. The molecule has 1 heterocycles. The molecular weight excluding hydrogens is 268 g/mol. The van der Waals surface area contributed by atoms with Crippen molar-refractivity contribution in [2.45, 2.75) is 25.7 Å². The molecule has 0 aliphatic carbocycles. The number of nitrogens with zero attached hydrogens (tertiary/aromatic N) is 1. The minimum absolute atomic E-state index is 0.0105. The van der Waals surface area contributed by atoms with Gasteiger partial charge in [-0.2, -0.15) is 0 Å². The van der Waals surface area contributed by atoms with Gasteiger partial charge in [-0.15, -0.1) is 0 Å². The number of piperidine rings is 1. The summed E-state index contributed by atoms with van der Waals surface area (Å²) in [4.78, 5) is 24.8. The third kappa shape index (κ3) is 5.19. The molecule has 114 valence electrons. The number of rotatable bonds is 6. The third-order valence-corrected chi connectivity index (χ3v) is 3.84. The molecule has 1 atom stereocenters. The van der Waals surface area contributed by atoms with Crippen molar-refractivity contribution in [3.8, 4) is 0 Å². The van der Waals surface area contributed by atoms with Gasteiger partial charge < -0.3 is 10.4 Å². The Morgan fingerprint density at radius 1 is 1.29 bits per heavy atom. The fraction of sp³-hybridized carbons (Fsp3) is 0.500. The van der Waals surface area contributed by atoms with Gasteiger partial charge in [0.15, 0.2) is 0 Å². The number of likely N-dealkylation sites (tertiary alicyclic amines) is 1. The Hall–Kier alpha value is -1.88. The van der Waals surface area contributed by atoms with Gasteiger partial charge in [0, 0.05) is 13.0 Å². The largest absolute Gasteiger partial charge is 0.481 e. The lowest BCUT2D eigenvalue weighted by atomic mass is 9.99. The summed E-state index contributed by atoms with van der Waals surface area (Å²) in [7, 11) is 0. The van der Waals surface area contributed by atoms with Crippen LogP contribution in [0.5, 0.6) is 0 Å². The van der Waals surface area contributed by atoms with Crippen LogP contribution < -0.4 is 5.32 Å². The van der Waals surface area contributed by atoms with E-state index in [1.54, 1.807) is 0 Å². The lowest BCUT2D eigenvalue weighted by Crippen LogP contribution is -2.44. The first-order valence-electron chi connectivity index (χ1n) is 7.41. The molecule has 21 heavy (non-hydrogen) atoms. The predicted octanol–water partition coefficient (Wildman–Crippen LogP) is 1.49. The number of carbonyl (C=O) groups is 2. The monoisotopic (exact) mass is 290 g/mol. The van der Waals surface area contributed by atoms with Crippen molar-refractivity contribution in [3.05, 3.63) is 35.9 Å². The van der Waals surface area contributed by atoms with Crippen LogP contribution in [0.15, 0.2) is 30.3 Å². The number of carboxylic acid groups (broad SMARTS) is 1. The van der Waals surface area contributed by atoms with Gasteiger partial charge >= 0.3 is 5.97 Å². The first kappa shape index (κ1) is 15.5. The highest BCUT2D eigenvalue weighted by atomic mass is 16.4. The number of hydrogen-bond acceptors (Lipinski definition) is 3. The Bertz CT molecular complexity index is 476. The Morgan fingerprint density at radius 2 is 2.05 bits per heavy atom. The van der Waals surface area contributed by atoms with Crippen molar-refractivity contribution in [3.63, 3.8) is 0 Å². The average Bonchev–Trinajstić information content (AvgIpc) is 2.52. The normalized spacial score (nSPS) is 19.1. The molecule has 5 heteroatoms. The zero-order chi connectivity index (χ0) is 15.1. The third-order valence-electron chi connectivity index (χ3n) is 3.84.